The highest BCUT2D eigenvalue weighted by Crippen LogP contribution is 2.28. The molecule has 0 unspecified atom stereocenters. The zero-order valence-corrected chi connectivity index (χ0v) is 8.90. The van der Waals surface area contributed by atoms with E-state index in [1.54, 1.807) is 12.1 Å². The Morgan fingerprint density at radius 2 is 2.00 bits per heavy atom. The van der Waals surface area contributed by atoms with Gasteiger partial charge in [0.25, 0.3) is 0 Å². The molecule has 1 atom stereocenters. The molecule has 0 radical (unpaired) electrons. The van der Waals surface area contributed by atoms with E-state index in [1.165, 1.54) is 12.1 Å². The number of rotatable bonds is 4. The van der Waals surface area contributed by atoms with Crippen LogP contribution in [0.1, 0.15) is 24.4 Å². The van der Waals surface area contributed by atoms with Crippen LogP contribution in [-0.4, -0.2) is 29.1 Å². The van der Waals surface area contributed by atoms with Gasteiger partial charge in [0.1, 0.15) is 5.82 Å². The van der Waals surface area contributed by atoms with E-state index in [-0.39, 0.29) is 18.3 Å². The molecule has 0 amide bonds. The fourth-order valence-corrected chi connectivity index (χ4v) is 1.96. The van der Waals surface area contributed by atoms with Crippen LogP contribution in [0.25, 0.3) is 0 Å². The van der Waals surface area contributed by atoms with Crippen LogP contribution in [0.5, 0.6) is 0 Å². The summed E-state index contributed by atoms with van der Waals surface area (Å²) in [6, 6.07) is 5.98. The number of halogens is 1. The molecule has 16 heavy (non-hydrogen) atoms. The van der Waals surface area contributed by atoms with E-state index < -0.39 is 5.97 Å². The van der Waals surface area contributed by atoms with Crippen molar-refractivity contribution in [2.24, 2.45) is 0 Å². The summed E-state index contributed by atoms with van der Waals surface area (Å²) in [6.07, 6.45) is 1.18. The third-order valence-corrected chi connectivity index (χ3v) is 2.95. The third kappa shape index (κ3) is 2.39. The monoisotopic (exact) mass is 223 g/mol. The van der Waals surface area contributed by atoms with E-state index in [2.05, 4.69) is 4.90 Å². The summed E-state index contributed by atoms with van der Waals surface area (Å²) in [5.74, 6) is -1.11. The number of carbonyl (C=O) groups is 1. The van der Waals surface area contributed by atoms with Crippen LogP contribution in [0.3, 0.4) is 0 Å². The van der Waals surface area contributed by atoms with Gasteiger partial charge >= 0.3 is 5.97 Å². The van der Waals surface area contributed by atoms with Gasteiger partial charge in [0.15, 0.2) is 0 Å². The minimum absolute atomic E-state index is 0.0750. The van der Waals surface area contributed by atoms with Gasteiger partial charge in [0, 0.05) is 6.04 Å². The predicted octanol–water partition coefficient (Wildman–Crippen LogP) is 2.05. The molecule has 0 aliphatic carbocycles. The number of benzene rings is 1. The highest BCUT2D eigenvalue weighted by atomic mass is 19.1. The number of likely N-dealkylation sites (tertiary alicyclic amines) is 1. The average molecular weight is 223 g/mol. The van der Waals surface area contributed by atoms with Crippen molar-refractivity contribution in [1.82, 2.24) is 4.90 Å². The fourth-order valence-electron chi connectivity index (χ4n) is 1.96. The molecule has 1 fully saturated rings. The molecule has 2 rings (SSSR count). The van der Waals surface area contributed by atoms with Crippen LogP contribution < -0.4 is 0 Å². The van der Waals surface area contributed by atoms with Crippen molar-refractivity contribution < 1.29 is 14.3 Å². The predicted molar refractivity (Wildman–Crippen MR) is 57.6 cm³/mol. The lowest BCUT2D eigenvalue weighted by Gasteiger charge is -2.38. The molecule has 0 bridgehead atoms. The molecule has 1 aromatic carbocycles. The van der Waals surface area contributed by atoms with E-state index in [0.717, 1.165) is 25.1 Å². The maximum Gasteiger partial charge on any atom is 0.305 e. The number of nitrogens with zero attached hydrogens (tertiary/aromatic N) is 1. The molecule has 1 heterocycles. The van der Waals surface area contributed by atoms with Gasteiger partial charge in [-0.2, -0.15) is 0 Å². The molecule has 3 nitrogen and oxygen atoms in total. The van der Waals surface area contributed by atoms with Crippen molar-refractivity contribution >= 4 is 5.97 Å². The lowest BCUT2D eigenvalue weighted by atomic mass is 9.99. The van der Waals surface area contributed by atoms with Gasteiger partial charge in [-0.05, 0) is 37.2 Å². The SMILES string of the molecule is O=C(O)C[C@H](c1ccc(F)cc1)N1CCC1. The van der Waals surface area contributed by atoms with Gasteiger partial charge in [-0.25, -0.2) is 4.39 Å². The number of carboxylic acid groups (broad SMARTS) is 1. The number of aliphatic carboxylic acids is 1. The van der Waals surface area contributed by atoms with E-state index in [4.69, 9.17) is 5.11 Å². The second-order valence-corrected chi connectivity index (χ2v) is 4.05. The maximum absolute atomic E-state index is 12.8. The summed E-state index contributed by atoms with van der Waals surface area (Å²) in [4.78, 5) is 12.9. The zero-order valence-electron chi connectivity index (χ0n) is 8.90. The van der Waals surface area contributed by atoms with Crippen molar-refractivity contribution in [2.45, 2.75) is 18.9 Å². The molecule has 1 aromatic rings. The van der Waals surface area contributed by atoms with Crippen LogP contribution in [0.2, 0.25) is 0 Å². The van der Waals surface area contributed by atoms with Crippen LogP contribution in [0, 0.1) is 5.82 Å². The lowest BCUT2D eigenvalue weighted by Crippen LogP contribution is -2.41. The Morgan fingerprint density at radius 1 is 1.38 bits per heavy atom. The van der Waals surface area contributed by atoms with Gasteiger partial charge in [-0.1, -0.05) is 12.1 Å². The molecule has 1 N–H and O–H groups in total. The minimum atomic E-state index is -0.818. The van der Waals surface area contributed by atoms with E-state index in [9.17, 15) is 9.18 Å². The molecule has 1 saturated heterocycles. The van der Waals surface area contributed by atoms with Gasteiger partial charge in [0.05, 0.1) is 6.42 Å². The second-order valence-electron chi connectivity index (χ2n) is 4.05. The van der Waals surface area contributed by atoms with Gasteiger partial charge < -0.3 is 5.11 Å². The zero-order chi connectivity index (χ0) is 11.5. The Kier molecular flexibility index (Phi) is 3.19. The first-order valence-electron chi connectivity index (χ1n) is 5.38. The molecule has 0 spiro atoms. The summed E-state index contributed by atoms with van der Waals surface area (Å²) in [7, 11) is 0. The van der Waals surface area contributed by atoms with Crippen molar-refractivity contribution in [1.29, 1.82) is 0 Å². The largest absolute Gasteiger partial charge is 0.481 e. The molecule has 0 aromatic heterocycles. The van der Waals surface area contributed by atoms with Crippen LogP contribution in [0.15, 0.2) is 24.3 Å². The minimum Gasteiger partial charge on any atom is -0.481 e. The Bertz CT molecular complexity index is 373. The van der Waals surface area contributed by atoms with Crippen molar-refractivity contribution in [3.63, 3.8) is 0 Å². The molecule has 86 valence electrons. The highest BCUT2D eigenvalue weighted by Gasteiger charge is 2.27. The Hall–Kier alpha value is -1.42. The number of hydrogen-bond donors (Lipinski definition) is 1. The number of carboxylic acids is 1. The van der Waals surface area contributed by atoms with Crippen LogP contribution >= 0.6 is 0 Å². The summed E-state index contributed by atoms with van der Waals surface area (Å²) < 4.78 is 12.8. The Labute approximate surface area is 93.5 Å². The van der Waals surface area contributed by atoms with Crippen molar-refractivity contribution in [3.05, 3.63) is 35.6 Å². The van der Waals surface area contributed by atoms with E-state index in [0.29, 0.717) is 0 Å². The van der Waals surface area contributed by atoms with Gasteiger partial charge in [0.2, 0.25) is 0 Å². The molecule has 1 aliphatic rings. The van der Waals surface area contributed by atoms with Crippen LogP contribution in [-0.2, 0) is 4.79 Å². The molecular weight excluding hydrogens is 209 g/mol. The second kappa shape index (κ2) is 4.61. The average Bonchev–Trinajstić information content (AvgIpc) is 2.14. The number of hydrogen-bond acceptors (Lipinski definition) is 2. The normalized spacial score (nSPS) is 17.8. The smallest absolute Gasteiger partial charge is 0.305 e. The Balaban J connectivity index is 2.16. The summed E-state index contributed by atoms with van der Waals surface area (Å²) in [5, 5.41) is 8.87. The first kappa shape index (κ1) is 11.1. The third-order valence-electron chi connectivity index (χ3n) is 2.95. The fraction of sp³-hybridized carbons (Fsp3) is 0.417. The maximum atomic E-state index is 12.8. The standard InChI is InChI=1S/C12H14FNO2/c13-10-4-2-9(3-5-10)11(8-12(15)16)14-6-1-7-14/h2-5,11H,1,6-8H2,(H,15,16)/t11-/m1/s1. The lowest BCUT2D eigenvalue weighted by molar-refractivity contribution is -0.139. The van der Waals surface area contributed by atoms with Gasteiger partial charge in [-0.15, -0.1) is 0 Å². The highest BCUT2D eigenvalue weighted by molar-refractivity contribution is 5.68. The Morgan fingerprint density at radius 3 is 2.44 bits per heavy atom. The van der Waals surface area contributed by atoms with E-state index in [1.807, 2.05) is 0 Å². The summed E-state index contributed by atoms with van der Waals surface area (Å²) in [6.45, 7) is 1.85. The first-order valence-corrected chi connectivity index (χ1v) is 5.38. The molecular formula is C12H14FNO2. The van der Waals surface area contributed by atoms with Crippen molar-refractivity contribution in [3.8, 4) is 0 Å². The van der Waals surface area contributed by atoms with Crippen LogP contribution in [0.4, 0.5) is 4.39 Å². The van der Waals surface area contributed by atoms with E-state index >= 15 is 0 Å². The van der Waals surface area contributed by atoms with Crippen molar-refractivity contribution in [2.75, 3.05) is 13.1 Å². The molecule has 4 heteroatoms. The quantitative estimate of drug-likeness (QED) is 0.849. The first-order chi connectivity index (χ1) is 7.66. The summed E-state index contributed by atoms with van der Waals surface area (Å²) >= 11 is 0. The molecule has 1 aliphatic heterocycles. The topological polar surface area (TPSA) is 40.5 Å². The molecule has 0 saturated carbocycles. The summed E-state index contributed by atoms with van der Waals surface area (Å²) in [5.41, 5.74) is 0.878. The van der Waals surface area contributed by atoms with Gasteiger partial charge in [-0.3, -0.25) is 9.69 Å².